The number of carbonyl (C=O) groups is 1. The van der Waals surface area contributed by atoms with Crippen molar-refractivity contribution in [3.63, 3.8) is 0 Å². The van der Waals surface area contributed by atoms with Crippen LogP contribution in [0.2, 0.25) is 0 Å². The van der Waals surface area contributed by atoms with Gasteiger partial charge in [0, 0.05) is 12.7 Å². The van der Waals surface area contributed by atoms with Crippen LogP contribution >= 0.6 is 0 Å². The second-order valence-electron chi connectivity index (χ2n) is 5.66. The van der Waals surface area contributed by atoms with Crippen LogP contribution < -0.4 is 4.90 Å². The van der Waals surface area contributed by atoms with Gasteiger partial charge in [0.05, 0.1) is 0 Å². The lowest BCUT2D eigenvalue weighted by atomic mass is 10.1. The molecule has 0 radical (unpaired) electrons. The van der Waals surface area contributed by atoms with Crippen LogP contribution in [0.25, 0.3) is 0 Å². The average molecular weight is 249 g/mol. The SMILES string of the molecule is Cc1ccc(N(C)C(C)C(=O)OC(C)(C)C)cc1. The van der Waals surface area contributed by atoms with Crippen LogP contribution in [-0.4, -0.2) is 24.7 Å². The molecule has 1 aromatic rings. The Morgan fingerprint density at radius 1 is 1.22 bits per heavy atom. The fourth-order valence-electron chi connectivity index (χ4n) is 1.55. The quantitative estimate of drug-likeness (QED) is 0.771. The van der Waals surface area contributed by atoms with Gasteiger partial charge in [-0.1, -0.05) is 17.7 Å². The number of hydrogen-bond donors (Lipinski definition) is 0. The van der Waals surface area contributed by atoms with E-state index in [1.807, 2.05) is 70.8 Å². The number of hydrogen-bond acceptors (Lipinski definition) is 3. The molecule has 0 aliphatic heterocycles. The molecule has 0 saturated carbocycles. The Hall–Kier alpha value is -1.51. The molecule has 0 spiro atoms. The molecule has 3 nitrogen and oxygen atoms in total. The predicted molar refractivity (Wildman–Crippen MR) is 74.9 cm³/mol. The number of aryl methyl sites for hydroxylation is 1. The van der Waals surface area contributed by atoms with Crippen LogP contribution in [0.4, 0.5) is 5.69 Å². The van der Waals surface area contributed by atoms with Gasteiger partial charge in [0.1, 0.15) is 11.6 Å². The van der Waals surface area contributed by atoms with E-state index in [2.05, 4.69) is 0 Å². The van der Waals surface area contributed by atoms with E-state index in [1.165, 1.54) is 5.56 Å². The van der Waals surface area contributed by atoms with Gasteiger partial charge < -0.3 is 9.64 Å². The highest BCUT2D eigenvalue weighted by molar-refractivity contribution is 5.79. The number of nitrogens with zero attached hydrogens (tertiary/aromatic N) is 1. The van der Waals surface area contributed by atoms with Crippen LogP contribution in [-0.2, 0) is 9.53 Å². The Bertz CT molecular complexity index is 403. The third kappa shape index (κ3) is 4.06. The molecule has 1 unspecified atom stereocenters. The number of benzene rings is 1. The highest BCUT2D eigenvalue weighted by Crippen LogP contribution is 2.18. The normalized spacial score (nSPS) is 13.0. The molecule has 0 N–H and O–H groups in total. The minimum Gasteiger partial charge on any atom is -0.458 e. The van der Waals surface area contributed by atoms with Crippen LogP contribution in [0.15, 0.2) is 24.3 Å². The van der Waals surface area contributed by atoms with E-state index in [9.17, 15) is 4.79 Å². The first kappa shape index (κ1) is 14.6. The summed E-state index contributed by atoms with van der Waals surface area (Å²) in [6.07, 6.45) is 0. The summed E-state index contributed by atoms with van der Waals surface area (Å²) in [5.74, 6) is -0.203. The molecule has 0 aliphatic rings. The van der Waals surface area contributed by atoms with E-state index in [0.29, 0.717) is 0 Å². The first-order valence-electron chi connectivity index (χ1n) is 6.23. The number of ether oxygens (including phenoxy) is 1. The minimum atomic E-state index is -0.445. The van der Waals surface area contributed by atoms with E-state index in [0.717, 1.165) is 5.69 Å². The minimum absolute atomic E-state index is 0.203. The molecular formula is C15H23NO2. The van der Waals surface area contributed by atoms with Crippen LogP contribution in [0, 0.1) is 6.92 Å². The second kappa shape index (κ2) is 5.42. The molecule has 0 bridgehead atoms. The molecule has 100 valence electrons. The Morgan fingerprint density at radius 3 is 2.17 bits per heavy atom. The Kier molecular flexibility index (Phi) is 4.38. The van der Waals surface area contributed by atoms with E-state index in [-0.39, 0.29) is 12.0 Å². The zero-order valence-electron chi connectivity index (χ0n) is 12.2. The van der Waals surface area contributed by atoms with Crippen molar-refractivity contribution in [3.8, 4) is 0 Å². The number of carbonyl (C=O) groups excluding carboxylic acids is 1. The van der Waals surface area contributed by atoms with Gasteiger partial charge in [-0.2, -0.15) is 0 Å². The maximum Gasteiger partial charge on any atom is 0.328 e. The molecular weight excluding hydrogens is 226 g/mol. The van der Waals surface area contributed by atoms with Gasteiger partial charge in [-0.15, -0.1) is 0 Å². The van der Waals surface area contributed by atoms with Crippen molar-refractivity contribution in [2.45, 2.75) is 46.3 Å². The van der Waals surface area contributed by atoms with Crippen molar-refractivity contribution in [2.75, 3.05) is 11.9 Å². The first-order valence-corrected chi connectivity index (χ1v) is 6.23. The molecule has 0 heterocycles. The smallest absolute Gasteiger partial charge is 0.328 e. The van der Waals surface area contributed by atoms with Crippen molar-refractivity contribution in [2.24, 2.45) is 0 Å². The van der Waals surface area contributed by atoms with E-state index < -0.39 is 5.60 Å². The van der Waals surface area contributed by atoms with Gasteiger partial charge >= 0.3 is 5.97 Å². The zero-order valence-corrected chi connectivity index (χ0v) is 12.2. The van der Waals surface area contributed by atoms with Gasteiger partial charge in [0.25, 0.3) is 0 Å². The fourth-order valence-corrected chi connectivity index (χ4v) is 1.55. The van der Waals surface area contributed by atoms with Crippen LogP contribution in [0.3, 0.4) is 0 Å². The first-order chi connectivity index (χ1) is 8.20. The summed E-state index contributed by atoms with van der Waals surface area (Å²) in [5, 5.41) is 0. The van der Waals surface area contributed by atoms with Crippen molar-refractivity contribution >= 4 is 11.7 Å². The maximum absolute atomic E-state index is 12.0. The monoisotopic (exact) mass is 249 g/mol. The Balaban J connectivity index is 2.74. The molecule has 1 rings (SSSR count). The molecule has 0 amide bonds. The molecule has 0 aliphatic carbocycles. The lowest BCUT2D eigenvalue weighted by Gasteiger charge is -2.29. The van der Waals surface area contributed by atoms with E-state index in [4.69, 9.17) is 4.74 Å². The fraction of sp³-hybridized carbons (Fsp3) is 0.533. The third-order valence-corrected chi connectivity index (χ3v) is 2.77. The van der Waals surface area contributed by atoms with Crippen molar-refractivity contribution < 1.29 is 9.53 Å². The largest absolute Gasteiger partial charge is 0.458 e. The molecule has 0 fully saturated rings. The molecule has 1 aromatic carbocycles. The molecule has 18 heavy (non-hydrogen) atoms. The molecule has 0 saturated heterocycles. The Morgan fingerprint density at radius 2 is 1.72 bits per heavy atom. The topological polar surface area (TPSA) is 29.5 Å². The van der Waals surface area contributed by atoms with Gasteiger partial charge in [-0.3, -0.25) is 0 Å². The summed E-state index contributed by atoms with van der Waals surface area (Å²) in [6, 6.07) is 7.79. The Labute approximate surface area is 110 Å². The van der Waals surface area contributed by atoms with E-state index >= 15 is 0 Å². The van der Waals surface area contributed by atoms with E-state index in [1.54, 1.807) is 0 Å². The molecule has 0 aromatic heterocycles. The van der Waals surface area contributed by atoms with Gasteiger partial charge in [-0.05, 0) is 46.8 Å². The van der Waals surface area contributed by atoms with Crippen molar-refractivity contribution in [1.82, 2.24) is 0 Å². The molecule has 1 atom stereocenters. The summed E-state index contributed by atoms with van der Waals surface area (Å²) in [5.41, 5.74) is 1.77. The van der Waals surface area contributed by atoms with Crippen LogP contribution in [0.1, 0.15) is 33.3 Å². The van der Waals surface area contributed by atoms with Gasteiger partial charge in [0.2, 0.25) is 0 Å². The summed E-state index contributed by atoms with van der Waals surface area (Å²) in [7, 11) is 1.90. The highest BCUT2D eigenvalue weighted by atomic mass is 16.6. The summed E-state index contributed by atoms with van der Waals surface area (Å²) < 4.78 is 5.39. The predicted octanol–water partition coefficient (Wildman–Crippen LogP) is 3.16. The van der Waals surface area contributed by atoms with Gasteiger partial charge in [0.15, 0.2) is 0 Å². The summed E-state index contributed by atoms with van der Waals surface area (Å²) in [6.45, 7) is 9.53. The number of likely N-dealkylation sites (N-methyl/N-ethyl adjacent to an activating group) is 1. The van der Waals surface area contributed by atoms with Crippen molar-refractivity contribution in [1.29, 1.82) is 0 Å². The highest BCUT2D eigenvalue weighted by Gasteiger charge is 2.24. The average Bonchev–Trinajstić information content (AvgIpc) is 2.26. The summed E-state index contributed by atoms with van der Waals surface area (Å²) >= 11 is 0. The van der Waals surface area contributed by atoms with Crippen molar-refractivity contribution in [3.05, 3.63) is 29.8 Å². The van der Waals surface area contributed by atoms with Gasteiger partial charge in [-0.25, -0.2) is 4.79 Å². The lowest BCUT2D eigenvalue weighted by Crippen LogP contribution is -2.40. The second-order valence-corrected chi connectivity index (χ2v) is 5.66. The zero-order chi connectivity index (χ0) is 13.9. The number of rotatable bonds is 3. The molecule has 3 heteroatoms. The summed E-state index contributed by atoms with van der Waals surface area (Å²) in [4.78, 5) is 13.9. The number of anilines is 1. The maximum atomic E-state index is 12.0. The standard InChI is InChI=1S/C15H23NO2/c1-11-7-9-13(10-8-11)16(6)12(2)14(17)18-15(3,4)5/h7-10,12H,1-6H3. The lowest BCUT2D eigenvalue weighted by molar-refractivity contribution is -0.155. The third-order valence-electron chi connectivity index (χ3n) is 2.77. The van der Waals surface area contributed by atoms with Crippen LogP contribution in [0.5, 0.6) is 0 Å². The number of esters is 1.